The summed E-state index contributed by atoms with van der Waals surface area (Å²) in [6.07, 6.45) is 0.379. The molecule has 46 heavy (non-hydrogen) atoms. The van der Waals surface area contributed by atoms with Crippen molar-refractivity contribution in [3.63, 3.8) is 0 Å². The highest BCUT2D eigenvalue weighted by Crippen LogP contribution is 2.33. The van der Waals surface area contributed by atoms with Crippen LogP contribution < -0.4 is 14.8 Å². The van der Waals surface area contributed by atoms with Gasteiger partial charge >= 0.3 is 12.1 Å². The largest absolute Gasteiger partial charge is 0.496 e. The standard InChI is InChI=1S/C35H40F2N2O7/c1-35(2,3)46-34(42)38-30(19-32(40)45-21-23-9-6-5-7-10-23)33(41)39-16-8-11-24(20-39)22-44-26-14-12-25(13-15-26)27-17-28(36)29(37)18-31(27)43-4/h5-7,9-10,12-15,17-18,24,30H,8,11,16,19-22H2,1-4H3,(H,38,42)/t24?,30-/m1/s1. The van der Waals surface area contributed by atoms with Crippen molar-refractivity contribution in [3.8, 4) is 22.6 Å². The number of halogens is 2. The predicted octanol–water partition coefficient (Wildman–Crippen LogP) is 6.28. The van der Waals surface area contributed by atoms with Gasteiger partial charge in [0.15, 0.2) is 11.6 Å². The number of esters is 1. The zero-order valence-corrected chi connectivity index (χ0v) is 26.5. The third-order valence-corrected chi connectivity index (χ3v) is 7.33. The molecule has 1 saturated heterocycles. The molecule has 0 radical (unpaired) electrons. The van der Waals surface area contributed by atoms with Gasteiger partial charge in [-0.15, -0.1) is 0 Å². The van der Waals surface area contributed by atoms with Gasteiger partial charge in [-0.25, -0.2) is 13.6 Å². The molecule has 9 nitrogen and oxygen atoms in total. The molecule has 1 aliphatic heterocycles. The maximum Gasteiger partial charge on any atom is 0.408 e. The van der Waals surface area contributed by atoms with Crippen LogP contribution in [0.25, 0.3) is 11.1 Å². The fraction of sp³-hybridized carbons (Fsp3) is 0.400. The first-order chi connectivity index (χ1) is 21.9. The fourth-order valence-electron chi connectivity index (χ4n) is 5.10. The maximum atomic E-state index is 13.9. The van der Waals surface area contributed by atoms with Crippen molar-refractivity contribution in [1.29, 1.82) is 0 Å². The molecule has 0 aliphatic carbocycles. The SMILES string of the molecule is COc1cc(F)c(F)cc1-c1ccc(OCC2CCCN(C(=O)[C@@H](CC(=O)OCc3ccccc3)NC(=O)OC(C)(C)C)C2)cc1. The summed E-state index contributed by atoms with van der Waals surface area (Å²) in [4.78, 5) is 40.6. The first kappa shape index (κ1) is 34.2. The normalized spacial score (nSPS) is 15.4. The Bertz CT molecular complexity index is 1490. The highest BCUT2D eigenvalue weighted by Gasteiger charge is 2.33. The van der Waals surface area contributed by atoms with E-state index in [4.69, 9.17) is 18.9 Å². The molecule has 2 amide bonds. The Morgan fingerprint density at radius 2 is 1.70 bits per heavy atom. The molecule has 0 bridgehead atoms. The predicted molar refractivity (Wildman–Crippen MR) is 167 cm³/mol. The topological polar surface area (TPSA) is 103 Å². The molecule has 0 aromatic heterocycles. The van der Waals surface area contributed by atoms with Crippen LogP contribution in [0.4, 0.5) is 13.6 Å². The Balaban J connectivity index is 1.37. The number of piperidine rings is 1. The number of methoxy groups -OCH3 is 1. The number of nitrogens with one attached hydrogen (secondary N) is 1. The number of amides is 2. The summed E-state index contributed by atoms with van der Waals surface area (Å²) >= 11 is 0. The van der Waals surface area contributed by atoms with Crippen LogP contribution in [0, 0.1) is 17.6 Å². The van der Waals surface area contributed by atoms with Crippen molar-refractivity contribution in [2.45, 2.75) is 58.3 Å². The van der Waals surface area contributed by atoms with Crippen LogP contribution >= 0.6 is 0 Å². The molecule has 11 heteroatoms. The van der Waals surface area contributed by atoms with E-state index in [9.17, 15) is 23.2 Å². The van der Waals surface area contributed by atoms with Crippen molar-refractivity contribution >= 4 is 18.0 Å². The molecule has 0 spiro atoms. The molecule has 0 saturated carbocycles. The van der Waals surface area contributed by atoms with E-state index in [2.05, 4.69) is 5.32 Å². The highest BCUT2D eigenvalue weighted by molar-refractivity contribution is 5.89. The van der Waals surface area contributed by atoms with E-state index in [1.807, 2.05) is 30.3 Å². The van der Waals surface area contributed by atoms with Gasteiger partial charge in [-0.3, -0.25) is 9.59 Å². The summed E-state index contributed by atoms with van der Waals surface area (Å²) in [5.41, 5.74) is 1.05. The summed E-state index contributed by atoms with van der Waals surface area (Å²) in [7, 11) is 1.39. The molecule has 2 atom stereocenters. The minimum atomic E-state index is -1.17. The lowest BCUT2D eigenvalue weighted by Gasteiger charge is -2.35. The van der Waals surface area contributed by atoms with E-state index >= 15 is 0 Å². The van der Waals surface area contributed by atoms with E-state index in [-0.39, 0.29) is 24.7 Å². The number of alkyl carbamates (subject to hydrolysis) is 1. The number of rotatable bonds is 11. The number of hydrogen-bond donors (Lipinski definition) is 1. The van der Waals surface area contributed by atoms with E-state index in [0.717, 1.165) is 24.1 Å². The van der Waals surface area contributed by atoms with Crippen LogP contribution in [0.3, 0.4) is 0 Å². The summed E-state index contributed by atoms with van der Waals surface area (Å²) < 4.78 is 49.5. The maximum absolute atomic E-state index is 13.9. The van der Waals surface area contributed by atoms with Crippen LogP contribution in [0.1, 0.15) is 45.6 Å². The van der Waals surface area contributed by atoms with E-state index in [1.165, 1.54) is 7.11 Å². The Morgan fingerprint density at radius 3 is 2.37 bits per heavy atom. The summed E-state index contributed by atoms with van der Waals surface area (Å²) in [6, 6.07) is 17.0. The van der Waals surface area contributed by atoms with Gasteiger partial charge in [-0.2, -0.15) is 0 Å². The van der Waals surface area contributed by atoms with Gasteiger partial charge in [-0.1, -0.05) is 42.5 Å². The van der Waals surface area contributed by atoms with Crippen LogP contribution in [-0.2, 0) is 25.7 Å². The number of hydrogen-bond acceptors (Lipinski definition) is 7. The Labute approximate surface area is 267 Å². The second-order valence-electron chi connectivity index (χ2n) is 12.1. The van der Waals surface area contributed by atoms with Crippen LogP contribution in [-0.4, -0.2) is 61.3 Å². The lowest BCUT2D eigenvalue weighted by Crippen LogP contribution is -2.53. The fourth-order valence-corrected chi connectivity index (χ4v) is 5.10. The average molecular weight is 639 g/mol. The number of carbonyl (C=O) groups is 3. The monoisotopic (exact) mass is 638 g/mol. The number of likely N-dealkylation sites (tertiary alicyclic amines) is 1. The van der Waals surface area contributed by atoms with Crippen molar-refractivity contribution < 1.29 is 42.1 Å². The molecule has 1 N–H and O–H groups in total. The third kappa shape index (κ3) is 9.92. The second-order valence-corrected chi connectivity index (χ2v) is 12.1. The second kappa shape index (κ2) is 15.6. The first-order valence-electron chi connectivity index (χ1n) is 15.2. The van der Waals surface area contributed by atoms with E-state index < -0.39 is 41.2 Å². The van der Waals surface area contributed by atoms with Gasteiger partial charge in [0.05, 0.1) is 20.1 Å². The van der Waals surface area contributed by atoms with E-state index in [1.54, 1.807) is 49.9 Å². The van der Waals surface area contributed by atoms with E-state index in [0.29, 0.717) is 43.0 Å². The lowest BCUT2D eigenvalue weighted by molar-refractivity contribution is -0.149. The summed E-state index contributed by atoms with van der Waals surface area (Å²) in [5.74, 6) is -2.22. The zero-order chi connectivity index (χ0) is 33.3. The lowest BCUT2D eigenvalue weighted by atomic mass is 9.98. The van der Waals surface area contributed by atoms with Crippen molar-refractivity contribution in [2.75, 3.05) is 26.8 Å². The Morgan fingerprint density at radius 1 is 1.00 bits per heavy atom. The average Bonchev–Trinajstić information content (AvgIpc) is 3.03. The third-order valence-electron chi connectivity index (χ3n) is 7.33. The summed E-state index contributed by atoms with van der Waals surface area (Å²) in [6.45, 7) is 6.33. The number of benzene rings is 3. The smallest absolute Gasteiger partial charge is 0.408 e. The van der Waals surface area contributed by atoms with Crippen LogP contribution in [0.15, 0.2) is 66.7 Å². The molecule has 1 unspecified atom stereocenters. The van der Waals surface area contributed by atoms with Gasteiger partial charge in [-0.05, 0) is 62.9 Å². The highest BCUT2D eigenvalue weighted by atomic mass is 19.2. The number of ether oxygens (including phenoxy) is 4. The van der Waals surface area contributed by atoms with Crippen molar-refractivity contribution in [1.82, 2.24) is 10.2 Å². The van der Waals surface area contributed by atoms with Gasteiger partial charge in [0.25, 0.3) is 0 Å². The molecule has 3 aromatic rings. The quantitative estimate of drug-likeness (QED) is 0.247. The Kier molecular flexibility index (Phi) is 11.6. The van der Waals surface area contributed by atoms with Crippen molar-refractivity contribution in [3.05, 3.63) is 83.9 Å². The molecule has 246 valence electrons. The van der Waals surface area contributed by atoms with Crippen LogP contribution in [0.5, 0.6) is 11.5 Å². The van der Waals surface area contributed by atoms with Gasteiger partial charge in [0, 0.05) is 30.6 Å². The molecule has 1 fully saturated rings. The summed E-state index contributed by atoms with van der Waals surface area (Å²) in [5, 5.41) is 2.57. The van der Waals surface area contributed by atoms with Gasteiger partial charge in [0.1, 0.15) is 29.7 Å². The van der Waals surface area contributed by atoms with Crippen molar-refractivity contribution in [2.24, 2.45) is 5.92 Å². The number of carbonyl (C=O) groups excluding carboxylic acids is 3. The molecular weight excluding hydrogens is 598 g/mol. The first-order valence-corrected chi connectivity index (χ1v) is 15.2. The van der Waals surface area contributed by atoms with Gasteiger partial charge in [0.2, 0.25) is 5.91 Å². The molecular formula is C35H40F2N2O7. The molecule has 4 rings (SSSR count). The molecule has 3 aromatic carbocycles. The Hall–Kier alpha value is -4.67. The molecule has 1 heterocycles. The van der Waals surface area contributed by atoms with Crippen LogP contribution in [0.2, 0.25) is 0 Å². The molecule has 1 aliphatic rings. The number of nitrogens with zero attached hydrogens (tertiary/aromatic N) is 1. The minimum absolute atomic E-state index is 0.00382. The zero-order valence-electron chi connectivity index (χ0n) is 26.5. The van der Waals surface area contributed by atoms with Gasteiger partial charge < -0.3 is 29.2 Å². The minimum Gasteiger partial charge on any atom is -0.496 e.